The molecule has 0 saturated heterocycles. The topological polar surface area (TPSA) is 0 Å². The number of hydrogen-bond donors (Lipinski definition) is 0. The Kier molecular flexibility index (Phi) is 6.33. The molecule has 0 aliphatic rings. The van der Waals surface area contributed by atoms with Crippen molar-refractivity contribution in [3.8, 4) is 0 Å². The summed E-state index contributed by atoms with van der Waals surface area (Å²) in [5.74, 6) is 1.84. The van der Waals surface area contributed by atoms with Gasteiger partial charge in [-0.2, -0.15) is 0 Å². The van der Waals surface area contributed by atoms with Gasteiger partial charge in [-0.3, -0.25) is 0 Å². The van der Waals surface area contributed by atoms with Crippen molar-refractivity contribution in [2.45, 2.75) is 56.9 Å². The van der Waals surface area contributed by atoms with E-state index in [0.29, 0.717) is 0 Å². The lowest BCUT2D eigenvalue weighted by atomic mass is 10.3. The Morgan fingerprint density at radius 1 is 0.750 bits per heavy atom. The molecule has 0 radical (unpaired) electrons. The molecule has 0 aliphatic carbocycles. The summed E-state index contributed by atoms with van der Waals surface area (Å²) >= 11 is -0.423. The first-order valence-corrected chi connectivity index (χ1v) is 7.73. The molecule has 0 aliphatic heterocycles. The second-order valence-electron chi connectivity index (χ2n) is 5.26. The summed E-state index contributed by atoms with van der Waals surface area (Å²) in [6.07, 6.45) is 0. The minimum atomic E-state index is -0.423. The summed E-state index contributed by atoms with van der Waals surface area (Å²) in [7, 11) is 0. The van der Waals surface area contributed by atoms with Gasteiger partial charge in [0.1, 0.15) is 0 Å². The summed E-state index contributed by atoms with van der Waals surface area (Å²) in [6.45, 7) is 14.3. The largest absolute Gasteiger partial charge is 0.265 e. The van der Waals surface area contributed by atoms with Gasteiger partial charge in [0.2, 0.25) is 0 Å². The van der Waals surface area contributed by atoms with Gasteiger partial charge in [-0.15, -0.1) is 0 Å². The predicted molar refractivity (Wildman–Crippen MR) is 60.1 cm³/mol. The van der Waals surface area contributed by atoms with Gasteiger partial charge < -0.3 is 0 Å². The van der Waals surface area contributed by atoms with Crippen molar-refractivity contribution in [3.05, 3.63) is 0 Å². The first-order valence-electron chi connectivity index (χ1n) is 5.43. The average Bonchev–Trinajstić information content (AvgIpc) is 1.83. The SMILES string of the molecule is CC(C)[CH2][Al]([CH2]C(C)C)[CH](C)C. The van der Waals surface area contributed by atoms with Gasteiger partial charge in [0.05, 0.1) is 0 Å². The van der Waals surface area contributed by atoms with Crippen molar-refractivity contribution in [2.75, 3.05) is 0 Å². The fourth-order valence-electron chi connectivity index (χ4n) is 1.85. The second kappa shape index (κ2) is 6.06. The molecule has 0 nitrogen and oxygen atoms in total. The van der Waals surface area contributed by atoms with Crippen LogP contribution in [0.25, 0.3) is 0 Å². The highest BCUT2D eigenvalue weighted by molar-refractivity contribution is 6.60. The van der Waals surface area contributed by atoms with Gasteiger partial charge >= 0.3 is 0 Å². The molecule has 72 valence electrons. The monoisotopic (exact) mass is 184 g/mol. The Bertz CT molecular complexity index is 95.6. The third-order valence-corrected chi connectivity index (χ3v) is 7.47. The molecule has 0 fully saturated rings. The summed E-state index contributed by atoms with van der Waals surface area (Å²) in [4.78, 5) is 0. The van der Waals surface area contributed by atoms with E-state index in [2.05, 4.69) is 41.5 Å². The maximum absolute atomic E-state index is 2.42. The predicted octanol–water partition coefficient (Wildman–Crippen LogP) is 4.20. The van der Waals surface area contributed by atoms with Crippen LogP contribution in [0.15, 0.2) is 0 Å². The third-order valence-electron chi connectivity index (χ3n) is 2.49. The van der Waals surface area contributed by atoms with Crippen LogP contribution < -0.4 is 0 Å². The molecule has 0 unspecified atom stereocenters. The van der Waals surface area contributed by atoms with E-state index in [1.165, 1.54) is 10.6 Å². The molecule has 0 rings (SSSR count). The van der Waals surface area contributed by atoms with Gasteiger partial charge in [0.25, 0.3) is 14.1 Å². The average molecular weight is 184 g/mol. The Labute approximate surface area is 83.1 Å². The highest BCUT2D eigenvalue weighted by Crippen LogP contribution is 2.23. The van der Waals surface area contributed by atoms with Gasteiger partial charge in [0, 0.05) is 0 Å². The normalized spacial score (nSPS) is 11.8. The molecule has 0 amide bonds. The highest BCUT2D eigenvalue weighted by atomic mass is 27.2. The van der Waals surface area contributed by atoms with Crippen LogP contribution in [0.1, 0.15) is 41.5 Å². The lowest BCUT2D eigenvalue weighted by molar-refractivity contribution is 0.678. The Balaban J connectivity index is 3.87. The second-order valence-corrected chi connectivity index (χ2v) is 9.06. The smallest absolute Gasteiger partial charge is 0.0914 e. The summed E-state index contributed by atoms with van der Waals surface area (Å²) in [5.41, 5.74) is 0. The Hall–Kier alpha value is 0.532. The van der Waals surface area contributed by atoms with E-state index >= 15 is 0 Å². The van der Waals surface area contributed by atoms with Crippen molar-refractivity contribution < 1.29 is 0 Å². The molecule has 0 spiro atoms. The van der Waals surface area contributed by atoms with Gasteiger partial charge in [-0.1, -0.05) is 68.7 Å². The maximum Gasteiger partial charge on any atom is 0.265 e. The molecule has 0 aromatic carbocycles. The van der Waals surface area contributed by atoms with E-state index in [1.54, 1.807) is 0 Å². The zero-order valence-electron chi connectivity index (χ0n) is 9.72. The summed E-state index contributed by atoms with van der Waals surface area (Å²) < 4.78 is 0.995. The fraction of sp³-hybridized carbons (Fsp3) is 1.00. The van der Waals surface area contributed by atoms with Crippen LogP contribution in [0.4, 0.5) is 0 Å². The van der Waals surface area contributed by atoms with Gasteiger partial charge in [-0.25, -0.2) is 0 Å². The molecular formula is C11H25Al. The summed E-state index contributed by atoms with van der Waals surface area (Å²) in [5, 5.41) is 3.08. The standard InChI is InChI=1S/2C4H9.C3H7.Al/c2*1-4(2)3;1-3-2;/h2*4H,1H2,2-3H3;3H,1-2H3;. The van der Waals surface area contributed by atoms with Crippen molar-refractivity contribution in [2.24, 2.45) is 11.8 Å². The summed E-state index contributed by atoms with van der Waals surface area (Å²) in [6, 6.07) is 0. The van der Waals surface area contributed by atoms with E-state index < -0.39 is 14.1 Å². The minimum absolute atomic E-state index is 0.423. The lowest BCUT2D eigenvalue weighted by Crippen LogP contribution is -2.20. The maximum atomic E-state index is 2.42. The molecular weight excluding hydrogens is 159 g/mol. The molecule has 1 heteroatoms. The van der Waals surface area contributed by atoms with E-state index in [1.807, 2.05) is 0 Å². The first kappa shape index (κ1) is 12.5. The molecule has 0 aromatic rings. The molecule has 12 heavy (non-hydrogen) atoms. The third kappa shape index (κ3) is 6.09. The molecule has 0 N–H and O–H groups in total. The first-order chi connectivity index (χ1) is 5.43. The van der Waals surface area contributed by atoms with Crippen molar-refractivity contribution in [1.82, 2.24) is 0 Å². The lowest BCUT2D eigenvalue weighted by Gasteiger charge is -2.19. The number of hydrogen-bond acceptors (Lipinski definition) is 0. The van der Waals surface area contributed by atoms with Crippen LogP contribution in [0, 0.1) is 11.8 Å². The van der Waals surface area contributed by atoms with Crippen molar-refractivity contribution >= 4 is 14.1 Å². The van der Waals surface area contributed by atoms with Crippen LogP contribution in [-0.4, -0.2) is 14.1 Å². The van der Waals surface area contributed by atoms with Crippen molar-refractivity contribution in [3.63, 3.8) is 0 Å². The zero-order valence-corrected chi connectivity index (χ0v) is 10.9. The van der Waals surface area contributed by atoms with Crippen LogP contribution in [0.5, 0.6) is 0 Å². The van der Waals surface area contributed by atoms with Crippen LogP contribution in [0.3, 0.4) is 0 Å². The molecule has 0 bridgehead atoms. The Morgan fingerprint density at radius 2 is 1.08 bits per heavy atom. The minimum Gasteiger partial charge on any atom is -0.0914 e. The van der Waals surface area contributed by atoms with Crippen molar-refractivity contribution in [1.29, 1.82) is 0 Å². The van der Waals surface area contributed by atoms with Gasteiger partial charge in [0.15, 0.2) is 0 Å². The van der Waals surface area contributed by atoms with Crippen LogP contribution >= 0.6 is 0 Å². The number of rotatable bonds is 5. The highest BCUT2D eigenvalue weighted by Gasteiger charge is 2.22. The van der Waals surface area contributed by atoms with E-state index in [-0.39, 0.29) is 0 Å². The molecule has 0 saturated carbocycles. The molecule has 0 aromatic heterocycles. The van der Waals surface area contributed by atoms with E-state index in [9.17, 15) is 0 Å². The fourth-order valence-corrected chi connectivity index (χ4v) is 5.55. The van der Waals surface area contributed by atoms with Crippen LogP contribution in [-0.2, 0) is 0 Å². The molecule has 0 heterocycles. The van der Waals surface area contributed by atoms with Crippen LogP contribution in [0.2, 0.25) is 15.3 Å². The van der Waals surface area contributed by atoms with E-state index in [4.69, 9.17) is 0 Å². The van der Waals surface area contributed by atoms with E-state index in [0.717, 1.165) is 16.6 Å². The quantitative estimate of drug-likeness (QED) is 0.562. The Morgan fingerprint density at radius 3 is 1.25 bits per heavy atom. The molecule has 0 atom stereocenters. The van der Waals surface area contributed by atoms with Gasteiger partial charge in [-0.05, 0) is 0 Å². The zero-order chi connectivity index (χ0) is 9.72.